The second kappa shape index (κ2) is 5.97. The van der Waals surface area contributed by atoms with Crippen LogP contribution in [0.25, 0.3) is 22.0 Å². The van der Waals surface area contributed by atoms with Crippen molar-refractivity contribution in [3.8, 4) is 11.3 Å². The molecule has 1 unspecified atom stereocenters. The fourth-order valence-electron chi connectivity index (χ4n) is 3.15. The molecule has 1 saturated heterocycles. The maximum Gasteiger partial charge on any atom is 0.225 e. The molecule has 0 spiro atoms. The summed E-state index contributed by atoms with van der Waals surface area (Å²) in [5, 5.41) is 12.3. The molecule has 0 aliphatic carbocycles. The number of piperidine rings is 1. The molecule has 3 aromatic rings. The zero-order valence-electron chi connectivity index (χ0n) is 12.9. The minimum absolute atomic E-state index is 0.281. The van der Waals surface area contributed by atoms with Gasteiger partial charge in [-0.25, -0.2) is 9.97 Å². The topological polar surface area (TPSA) is 49.2 Å². The maximum absolute atomic E-state index is 9.85. The van der Waals surface area contributed by atoms with Crippen molar-refractivity contribution in [2.45, 2.75) is 18.9 Å². The Labute approximate surface area is 135 Å². The normalized spacial score (nSPS) is 18.3. The number of anilines is 1. The molecule has 2 aromatic carbocycles. The van der Waals surface area contributed by atoms with E-state index in [9.17, 15) is 5.11 Å². The van der Waals surface area contributed by atoms with E-state index in [-0.39, 0.29) is 6.10 Å². The Hall–Kier alpha value is -2.46. The fourth-order valence-corrected chi connectivity index (χ4v) is 3.15. The van der Waals surface area contributed by atoms with Gasteiger partial charge in [0.25, 0.3) is 0 Å². The standard InChI is InChI=1S/C19H19N3O/c23-17-6-3-11-22(13-17)19-20-10-9-18(21-19)16-8-7-14-4-1-2-5-15(14)12-16/h1-2,4-5,7-10,12,17,23H,3,6,11,13H2. The first kappa shape index (κ1) is 14.2. The summed E-state index contributed by atoms with van der Waals surface area (Å²) in [5.74, 6) is 0.703. The van der Waals surface area contributed by atoms with Gasteiger partial charge in [-0.3, -0.25) is 0 Å². The number of fused-ring (bicyclic) bond motifs is 1. The summed E-state index contributed by atoms with van der Waals surface area (Å²) in [5.41, 5.74) is 2.01. The smallest absolute Gasteiger partial charge is 0.225 e. The van der Waals surface area contributed by atoms with Crippen LogP contribution < -0.4 is 4.90 Å². The number of rotatable bonds is 2. The lowest BCUT2D eigenvalue weighted by Gasteiger charge is -2.30. The third-order valence-electron chi connectivity index (χ3n) is 4.37. The van der Waals surface area contributed by atoms with E-state index in [0.29, 0.717) is 12.5 Å². The number of aliphatic hydroxyl groups is 1. The van der Waals surface area contributed by atoms with E-state index < -0.39 is 0 Å². The quantitative estimate of drug-likeness (QED) is 0.789. The van der Waals surface area contributed by atoms with Crippen LogP contribution in [0.3, 0.4) is 0 Å². The first-order chi connectivity index (χ1) is 11.3. The Morgan fingerprint density at radius 1 is 1.04 bits per heavy atom. The minimum atomic E-state index is -0.281. The maximum atomic E-state index is 9.85. The van der Waals surface area contributed by atoms with E-state index in [1.165, 1.54) is 10.8 Å². The fraction of sp³-hybridized carbons (Fsp3) is 0.263. The van der Waals surface area contributed by atoms with Crippen LogP contribution in [0.1, 0.15) is 12.8 Å². The van der Waals surface area contributed by atoms with Crippen molar-refractivity contribution in [3.63, 3.8) is 0 Å². The summed E-state index contributed by atoms with van der Waals surface area (Å²) >= 11 is 0. The van der Waals surface area contributed by atoms with Crippen LogP contribution in [0.2, 0.25) is 0 Å². The van der Waals surface area contributed by atoms with Gasteiger partial charge >= 0.3 is 0 Å². The van der Waals surface area contributed by atoms with Crippen LogP contribution in [0.5, 0.6) is 0 Å². The van der Waals surface area contributed by atoms with Gasteiger partial charge in [0.05, 0.1) is 11.8 Å². The average molecular weight is 305 g/mol. The van der Waals surface area contributed by atoms with Crippen molar-refractivity contribution in [2.24, 2.45) is 0 Å². The minimum Gasteiger partial charge on any atom is -0.391 e. The largest absolute Gasteiger partial charge is 0.391 e. The molecular formula is C19H19N3O. The summed E-state index contributed by atoms with van der Waals surface area (Å²) in [4.78, 5) is 11.2. The molecule has 1 aromatic heterocycles. The second-order valence-electron chi connectivity index (χ2n) is 6.05. The van der Waals surface area contributed by atoms with Gasteiger partial charge in [0.15, 0.2) is 0 Å². The van der Waals surface area contributed by atoms with Gasteiger partial charge in [-0.05, 0) is 35.7 Å². The Morgan fingerprint density at radius 3 is 2.78 bits per heavy atom. The molecule has 0 saturated carbocycles. The van der Waals surface area contributed by atoms with E-state index in [1.54, 1.807) is 6.20 Å². The molecule has 4 heteroatoms. The summed E-state index contributed by atoms with van der Waals surface area (Å²) in [6, 6.07) is 16.6. The highest BCUT2D eigenvalue weighted by atomic mass is 16.3. The molecule has 0 amide bonds. The number of aliphatic hydroxyl groups excluding tert-OH is 1. The highest BCUT2D eigenvalue weighted by Crippen LogP contribution is 2.25. The molecule has 23 heavy (non-hydrogen) atoms. The third kappa shape index (κ3) is 2.90. The van der Waals surface area contributed by atoms with Crippen molar-refractivity contribution in [3.05, 3.63) is 54.7 Å². The summed E-state index contributed by atoms with van der Waals surface area (Å²) in [7, 11) is 0. The highest BCUT2D eigenvalue weighted by molar-refractivity contribution is 5.86. The highest BCUT2D eigenvalue weighted by Gasteiger charge is 2.20. The number of aromatic nitrogens is 2. The van der Waals surface area contributed by atoms with Gasteiger partial charge in [-0.15, -0.1) is 0 Å². The van der Waals surface area contributed by atoms with E-state index in [4.69, 9.17) is 4.98 Å². The lowest BCUT2D eigenvalue weighted by atomic mass is 10.1. The SMILES string of the molecule is OC1CCCN(c2nccc(-c3ccc4ccccc4c3)n2)C1. The summed E-state index contributed by atoms with van der Waals surface area (Å²) in [6.45, 7) is 1.51. The van der Waals surface area contributed by atoms with Gasteiger partial charge in [-0.1, -0.05) is 36.4 Å². The van der Waals surface area contributed by atoms with Crippen LogP contribution in [-0.4, -0.2) is 34.3 Å². The molecule has 1 N–H and O–H groups in total. The lowest BCUT2D eigenvalue weighted by molar-refractivity contribution is 0.153. The first-order valence-electron chi connectivity index (χ1n) is 8.05. The first-order valence-corrected chi connectivity index (χ1v) is 8.05. The second-order valence-corrected chi connectivity index (χ2v) is 6.05. The Kier molecular flexibility index (Phi) is 3.67. The average Bonchev–Trinajstić information content (AvgIpc) is 2.61. The molecule has 116 valence electrons. The molecule has 4 nitrogen and oxygen atoms in total. The van der Waals surface area contributed by atoms with Crippen molar-refractivity contribution < 1.29 is 5.11 Å². The van der Waals surface area contributed by atoms with Crippen LogP contribution in [-0.2, 0) is 0 Å². The predicted octanol–water partition coefficient (Wildman–Crippen LogP) is 3.26. The number of benzene rings is 2. The summed E-state index contributed by atoms with van der Waals surface area (Å²) < 4.78 is 0. The summed E-state index contributed by atoms with van der Waals surface area (Å²) in [6.07, 6.45) is 3.36. The number of β-amino-alcohol motifs (C(OH)–C–C–N with tert-alkyl or cyclic N) is 1. The van der Waals surface area contributed by atoms with E-state index in [1.807, 2.05) is 18.2 Å². The number of nitrogens with zero attached hydrogens (tertiary/aromatic N) is 3. The zero-order valence-corrected chi connectivity index (χ0v) is 12.9. The molecule has 0 bridgehead atoms. The van der Waals surface area contributed by atoms with Crippen LogP contribution in [0.15, 0.2) is 54.7 Å². The third-order valence-corrected chi connectivity index (χ3v) is 4.37. The van der Waals surface area contributed by atoms with Gasteiger partial charge in [-0.2, -0.15) is 0 Å². The van der Waals surface area contributed by atoms with E-state index >= 15 is 0 Å². The monoisotopic (exact) mass is 305 g/mol. The molecule has 1 atom stereocenters. The zero-order chi connectivity index (χ0) is 15.6. The predicted molar refractivity (Wildman–Crippen MR) is 92.4 cm³/mol. The number of hydrogen-bond donors (Lipinski definition) is 1. The molecule has 1 fully saturated rings. The van der Waals surface area contributed by atoms with Gasteiger partial charge < -0.3 is 10.0 Å². The van der Waals surface area contributed by atoms with E-state index in [2.05, 4.69) is 40.2 Å². The lowest BCUT2D eigenvalue weighted by Crippen LogP contribution is -2.39. The van der Waals surface area contributed by atoms with E-state index in [0.717, 1.165) is 30.6 Å². The number of hydrogen-bond acceptors (Lipinski definition) is 4. The molecule has 2 heterocycles. The van der Waals surface area contributed by atoms with Gasteiger partial charge in [0.1, 0.15) is 0 Å². The van der Waals surface area contributed by atoms with Crippen molar-refractivity contribution in [1.82, 2.24) is 9.97 Å². The van der Waals surface area contributed by atoms with Crippen LogP contribution in [0, 0.1) is 0 Å². The van der Waals surface area contributed by atoms with Crippen molar-refractivity contribution in [1.29, 1.82) is 0 Å². The van der Waals surface area contributed by atoms with Crippen LogP contribution in [0.4, 0.5) is 5.95 Å². The van der Waals surface area contributed by atoms with Crippen molar-refractivity contribution >= 4 is 16.7 Å². The molecule has 4 rings (SSSR count). The van der Waals surface area contributed by atoms with Crippen molar-refractivity contribution in [2.75, 3.05) is 18.0 Å². The Morgan fingerprint density at radius 2 is 1.91 bits per heavy atom. The molecule has 1 aliphatic rings. The van der Waals surface area contributed by atoms with Crippen LogP contribution >= 0.6 is 0 Å². The molecule has 1 aliphatic heterocycles. The molecule has 0 radical (unpaired) electrons. The Balaban J connectivity index is 1.69. The van der Waals surface area contributed by atoms with Gasteiger partial charge in [0, 0.05) is 24.8 Å². The van der Waals surface area contributed by atoms with Gasteiger partial charge in [0.2, 0.25) is 5.95 Å². The Bertz CT molecular complexity index is 833. The molecular weight excluding hydrogens is 286 g/mol.